The van der Waals surface area contributed by atoms with Crippen molar-refractivity contribution >= 4 is 29.9 Å². The summed E-state index contributed by atoms with van der Waals surface area (Å²) in [4.78, 5) is 28.6. The van der Waals surface area contributed by atoms with E-state index in [0.29, 0.717) is 13.1 Å². The molecule has 0 spiro atoms. The fourth-order valence-corrected chi connectivity index (χ4v) is 3.49. The van der Waals surface area contributed by atoms with E-state index < -0.39 is 0 Å². The number of likely N-dealkylation sites (tertiary alicyclic amines) is 1. The van der Waals surface area contributed by atoms with Crippen molar-refractivity contribution in [2.45, 2.75) is 25.3 Å². The summed E-state index contributed by atoms with van der Waals surface area (Å²) in [7, 11) is 1.61. The summed E-state index contributed by atoms with van der Waals surface area (Å²) in [5.74, 6) is 0.548. The van der Waals surface area contributed by atoms with E-state index in [4.69, 9.17) is 10.5 Å². The number of methoxy groups -OCH3 is 1. The second-order valence-corrected chi connectivity index (χ2v) is 6.17. The van der Waals surface area contributed by atoms with E-state index in [9.17, 15) is 9.59 Å². The lowest BCUT2D eigenvalue weighted by molar-refractivity contribution is -0.136. The van der Waals surface area contributed by atoms with Crippen molar-refractivity contribution in [3.8, 4) is 5.75 Å². The summed E-state index contributed by atoms with van der Waals surface area (Å²) in [5.41, 5.74) is 6.56. The standard InChI is InChI=1S/C17H23N3O3.ClH/c1-23-15-6-4-13(5-7-15)20-11-12(9-16(20)21)17(22)19-8-2-3-14(19)10-18;/h4-7,12,14H,2-3,8-11,18H2,1H3;1H. The molecule has 2 atom stereocenters. The van der Waals surface area contributed by atoms with Crippen molar-refractivity contribution in [2.24, 2.45) is 11.7 Å². The van der Waals surface area contributed by atoms with Crippen LogP contribution in [0.3, 0.4) is 0 Å². The summed E-state index contributed by atoms with van der Waals surface area (Å²) in [6.07, 6.45) is 2.24. The van der Waals surface area contributed by atoms with Gasteiger partial charge in [-0.25, -0.2) is 0 Å². The van der Waals surface area contributed by atoms with Crippen molar-refractivity contribution in [1.29, 1.82) is 0 Å². The number of hydrogen-bond acceptors (Lipinski definition) is 4. The molecule has 0 aromatic heterocycles. The minimum Gasteiger partial charge on any atom is -0.497 e. The molecule has 0 radical (unpaired) electrons. The fraction of sp³-hybridized carbons (Fsp3) is 0.529. The van der Waals surface area contributed by atoms with Crippen molar-refractivity contribution in [3.63, 3.8) is 0 Å². The first-order valence-corrected chi connectivity index (χ1v) is 8.09. The average molecular weight is 354 g/mol. The highest BCUT2D eigenvalue weighted by molar-refractivity contribution is 6.00. The van der Waals surface area contributed by atoms with E-state index in [1.54, 1.807) is 12.0 Å². The first kappa shape index (κ1) is 18.5. The maximum Gasteiger partial charge on any atom is 0.228 e. The van der Waals surface area contributed by atoms with Gasteiger partial charge < -0.3 is 20.3 Å². The quantitative estimate of drug-likeness (QED) is 0.888. The number of ether oxygens (including phenoxy) is 1. The molecule has 3 rings (SSSR count). The normalized spacial score (nSPS) is 23.3. The number of carbonyl (C=O) groups is 2. The first-order chi connectivity index (χ1) is 11.1. The number of carbonyl (C=O) groups excluding carboxylic acids is 2. The zero-order valence-corrected chi connectivity index (χ0v) is 14.6. The number of nitrogens with two attached hydrogens (primary N) is 1. The number of halogens is 1. The Morgan fingerprint density at radius 2 is 2.04 bits per heavy atom. The van der Waals surface area contributed by atoms with Crippen LogP contribution < -0.4 is 15.4 Å². The molecule has 24 heavy (non-hydrogen) atoms. The largest absolute Gasteiger partial charge is 0.497 e. The van der Waals surface area contributed by atoms with E-state index >= 15 is 0 Å². The van der Waals surface area contributed by atoms with Crippen LogP contribution in [0.4, 0.5) is 5.69 Å². The van der Waals surface area contributed by atoms with E-state index in [2.05, 4.69) is 0 Å². The minimum atomic E-state index is -0.267. The molecule has 0 aliphatic carbocycles. The Morgan fingerprint density at radius 1 is 1.33 bits per heavy atom. The third-order valence-corrected chi connectivity index (χ3v) is 4.79. The van der Waals surface area contributed by atoms with Crippen LogP contribution in [0, 0.1) is 5.92 Å². The second kappa shape index (κ2) is 7.85. The van der Waals surface area contributed by atoms with Crippen molar-refractivity contribution in [3.05, 3.63) is 24.3 Å². The zero-order chi connectivity index (χ0) is 16.4. The molecule has 0 saturated carbocycles. The highest BCUT2D eigenvalue weighted by Gasteiger charge is 2.39. The molecular weight excluding hydrogens is 330 g/mol. The molecule has 2 aliphatic rings. The lowest BCUT2D eigenvalue weighted by Crippen LogP contribution is -2.43. The summed E-state index contributed by atoms with van der Waals surface area (Å²) in [6.45, 7) is 1.69. The molecule has 1 aromatic rings. The number of anilines is 1. The van der Waals surface area contributed by atoms with Gasteiger partial charge in [-0.1, -0.05) is 0 Å². The maximum atomic E-state index is 12.7. The van der Waals surface area contributed by atoms with Crippen LogP contribution in [0.15, 0.2) is 24.3 Å². The molecule has 2 amide bonds. The molecular formula is C17H24ClN3O3. The average Bonchev–Trinajstić information content (AvgIpc) is 3.20. The van der Waals surface area contributed by atoms with Crippen molar-refractivity contribution in [2.75, 3.05) is 31.6 Å². The van der Waals surface area contributed by atoms with Crippen LogP contribution in [0.2, 0.25) is 0 Å². The minimum absolute atomic E-state index is 0. The lowest BCUT2D eigenvalue weighted by Gasteiger charge is -2.26. The van der Waals surface area contributed by atoms with Crippen LogP contribution in [0.1, 0.15) is 19.3 Å². The number of hydrogen-bond donors (Lipinski definition) is 1. The van der Waals surface area contributed by atoms with Crippen LogP contribution in [0.5, 0.6) is 5.75 Å². The Balaban J connectivity index is 0.00000208. The van der Waals surface area contributed by atoms with E-state index in [-0.39, 0.29) is 42.6 Å². The van der Waals surface area contributed by atoms with Gasteiger partial charge in [0.05, 0.1) is 13.0 Å². The topological polar surface area (TPSA) is 75.9 Å². The van der Waals surface area contributed by atoms with Gasteiger partial charge in [0.1, 0.15) is 5.75 Å². The fourth-order valence-electron chi connectivity index (χ4n) is 3.49. The Bertz CT molecular complexity index is 593. The van der Waals surface area contributed by atoms with Gasteiger partial charge in [0.15, 0.2) is 0 Å². The van der Waals surface area contributed by atoms with Gasteiger partial charge in [-0.15, -0.1) is 12.4 Å². The molecule has 2 aliphatic heterocycles. The second-order valence-electron chi connectivity index (χ2n) is 6.17. The smallest absolute Gasteiger partial charge is 0.228 e. The zero-order valence-electron chi connectivity index (χ0n) is 13.8. The number of rotatable bonds is 4. The maximum absolute atomic E-state index is 12.7. The molecule has 2 unspecified atom stereocenters. The number of amides is 2. The van der Waals surface area contributed by atoms with Crippen molar-refractivity contribution < 1.29 is 14.3 Å². The molecule has 1 aromatic carbocycles. The molecule has 132 valence electrons. The van der Waals surface area contributed by atoms with Gasteiger partial charge in [-0.05, 0) is 37.1 Å². The predicted molar refractivity (Wildman–Crippen MR) is 94.5 cm³/mol. The van der Waals surface area contributed by atoms with E-state index in [1.807, 2.05) is 29.2 Å². The molecule has 6 nitrogen and oxygen atoms in total. The summed E-state index contributed by atoms with van der Waals surface area (Å²) in [5, 5.41) is 0. The first-order valence-electron chi connectivity index (χ1n) is 8.09. The molecule has 2 fully saturated rings. The Labute approximate surface area is 148 Å². The number of benzene rings is 1. The lowest BCUT2D eigenvalue weighted by atomic mass is 10.1. The van der Waals surface area contributed by atoms with E-state index in [0.717, 1.165) is 30.8 Å². The third-order valence-electron chi connectivity index (χ3n) is 4.79. The van der Waals surface area contributed by atoms with E-state index in [1.165, 1.54) is 0 Å². The highest BCUT2D eigenvalue weighted by atomic mass is 35.5. The molecule has 2 saturated heterocycles. The van der Waals surface area contributed by atoms with Crippen LogP contribution >= 0.6 is 12.4 Å². The van der Waals surface area contributed by atoms with Crippen LogP contribution in [0.25, 0.3) is 0 Å². The summed E-state index contributed by atoms with van der Waals surface area (Å²) >= 11 is 0. The van der Waals surface area contributed by atoms with Crippen LogP contribution in [-0.4, -0.2) is 49.5 Å². The third kappa shape index (κ3) is 3.49. The van der Waals surface area contributed by atoms with Gasteiger partial charge >= 0.3 is 0 Å². The van der Waals surface area contributed by atoms with Gasteiger partial charge in [0.25, 0.3) is 0 Å². The predicted octanol–water partition coefficient (Wildman–Crippen LogP) is 1.42. The summed E-state index contributed by atoms with van der Waals surface area (Å²) in [6, 6.07) is 7.47. The molecule has 2 heterocycles. The van der Waals surface area contributed by atoms with Gasteiger partial charge in [-0.3, -0.25) is 9.59 Å². The Morgan fingerprint density at radius 3 is 2.67 bits per heavy atom. The van der Waals surface area contributed by atoms with Crippen LogP contribution in [-0.2, 0) is 9.59 Å². The molecule has 2 N–H and O–H groups in total. The summed E-state index contributed by atoms with van der Waals surface area (Å²) < 4.78 is 5.13. The van der Waals surface area contributed by atoms with Gasteiger partial charge in [0.2, 0.25) is 11.8 Å². The number of nitrogens with zero attached hydrogens (tertiary/aromatic N) is 2. The monoisotopic (exact) mass is 353 g/mol. The Kier molecular flexibility index (Phi) is 6.07. The highest BCUT2D eigenvalue weighted by Crippen LogP contribution is 2.29. The molecule has 0 bridgehead atoms. The Hall–Kier alpha value is -1.79. The molecule has 7 heteroatoms. The van der Waals surface area contributed by atoms with Gasteiger partial charge in [0, 0.05) is 37.8 Å². The van der Waals surface area contributed by atoms with Crippen molar-refractivity contribution in [1.82, 2.24) is 4.90 Å². The SMILES string of the molecule is COc1ccc(N2CC(C(=O)N3CCCC3CN)CC2=O)cc1.Cl. The van der Waals surface area contributed by atoms with Gasteiger partial charge in [-0.2, -0.15) is 0 Å².